The molecule has 1 aromatic carbocycles. The Morgan fingerprint density at radius 2 is 2.06 bits per heavy atom. The third-order valence-electron chi connectivity index (χ3n) is 3.79. The first-order chi connectivity index (χ1) is 8.34. The van der Waals surface area contributed by atoms with E-state index in [4.69, 9.17) is 5.73 Å². The number of nitrogens with zero attached hydrogens (tertiary/aromatic N) is 1. The van der Waals surface area contributed by atoms with Gasteiger partial charge in [0.15, 0.2) is 0 Å². The van der Waals surface area contributed by atoms with Gasteiger partial charge in [0.2, 0.25) is 0 Å². The molecule has 3 heteroatoms. The third-order valence-corrected chi connectivity index (χ3v) is 5.05. The molecule has 1 aromatic rings. The predicted molar refractivity (Wildman–Crippen MR) is 74.9 cm³/mol. The van der Waals surface area contributed by atoms with Gasteiger partial charge in [-0.25, -0.2) is 0 Å². The van der Waals surface area contributed by atoms with E-state index in [0.29, 0.717) is 6.04 Å². The summed E-state index contributed by atoms with van der Waals surface area (Å²) in [5, 5.41) is 0. The molecule has 0 bridgehead atoms. The van der Waals surface area contributed by atoms with Crippen molar-refractivity contribution in [3.05, 3.63) is 23.8 Å². The standard InChI is InChI=1S/C14H20N2S/c15-12-6-8-16(9-7-12)13-5-1-3-11-4-2-10-17-14(11)13/h1,3,5,12H,2,4,6-10,15H2. The zero-order valence-corrected chi connectivity index (χ0v) is 11.0. The molecular weight excluding hydrogens is 228 g/mol. The van der Waals surface area contributed by atoms with Gasteiger partial charge >= 0.3 is 0 Å². The smallest absolute Gasteiger partial charge is 0.0507 e. The van der Waals surface area contributed by atoms with Crippen molar-refractivity contribution in [2.45, 2.75) is 36.6 Å². The Hall–Kier alpha value is -0.670. The van der Waals surface area contributed by atoms with Crippen molar-refractivity contribution >= 4 is 17.4 Å². The van der Waals surface area contributed by atoms with Crippen molar-refractivity contribution in [3.8, 4) is 0 Å². The summed E-state index contributed by atoms with van der Waals surface area (Å²) in [6.45, 7) is 2.25. The fraction of sp³-hybridized carbons (Fsp3) is 0.571. The Balaban J connectivity index is 1.87. The van der Waals surface area contributed by atoms with E-state index in [1.165, 1.54) is 29.2 Å². The van der Waals surface area contributed by atoms with Crippen LogP contribution in [0.25, 0.3) is 0 Å². The second-order valence-electron chi connectivity index (χ2n) is 5.04. The average molecular weight is 248 g/mol. The van der Waals surface area contributed by atoms with Crippen LogP contribution < -0.4 is 10.6 Å². The summed E-state index contributed by atoms with van der Waals surface area (Å²) in [6, 6.07) is 7.21. The fourth-order valence-electron chi connectivity index (χ4n) is 2.76. The lowest BCUT2D eigenvalue weighted by Crippen LogP contribution is -2.40. The van der Waals surface area contributed by atoms with Crippen LogP contribution >= 0.6 is 11.8 Å². The topological polar surface area (TPSA) is 29.3 Å². The molecule has 0 spiro atoms. The summed E-state index contributed by atoms with van der Waals surface area (Å²) in [4.78, 5) is 4.06. The number of rotatable bonds is 1. The lowest BCUT2D eigenvalue weighted by atomic mass is 10.0. The van der Waals surface area contributed by atoms with Gasteiger partial charge in [0, 0.05) is 24.0 Å². The van der Waals surface area contributed by atoms with Gasteiger partial charge in [-0.3, -0.25) is 0 Å². The minimum Gasteiger partial charge on any atom is -0.371 e. The van der Waals surface area contributed by atoms with Crippen LogP contribution in [0, 0.1) is 0 Å². The van der Waals surface area contributed by atoms with E-state index in [9.17, 15) is 0 Å². The summed E-state index contributed by atoms with van der Waals surface area (Å²) < 4.78 is 0. The van der Waals surface area contributed by atoms with Crippen LogP contribution in [0.2, 0.25) is 0 Å². The molecule has 2 heterocycles. The Morgan fingerprint density at radius 1 is 1.24 bits per heavy atom. The SMILES string of the molecule is NC1CCN(c2cccc3c2SCCC3)CC1. The fourth-order valence-corrected chi connectivity index (χ4v) is 3.95. The van der Waals surface area contributed by atoms with Crippen LogP contribution in [0.5, 0.6) is 0 Å². The minimum absolute atomic E-state index is 0.415. The van der Waals surface area contributed by atoms with Crippen molar-refractivity contribution in [3.63, 3.8) is 0 Å². The second kappa shape index (κ2) is 4.91. The van der Waals surface area contributed by atoms with Crippen LogP contribution in [-0.2, 0) is 6.42 Å². The number of hydrogen-bond acceptors (Lipinski definition) is 3. The highest BCUT2D eigenvalue weighted by Gasteiger charge is 2.21. The molecule has 0 aliphatic carbocycles. The maximum atomic E-state index is 5.98. The van der Waals surface area contributed by atoms with Gasteiger partial charge in [0.1, 0.15) is 0 Å². The van der Waals surface area contributed by atoms with Gasteiger partial charge in [-0.05, 0) is 43.1 Å². The van der Waals surface area contributed by atoms with Crippen molar-refractivity contribution in [2.75, 3.05) is 23.7 Å². The average Bonchev–Trinajstić information content (AvgIpc) is 2.39. The van der Waals surface area contributed by atoms with E-state index in [1.54, 1.807) is 5.56 Å². The Labute approximate surface area is 108 Å². The van der Waals surface area contributed by atoms with Crippen LogP contribution in [0.3, 0.4) is 0 Å². The summed E-state index contributed by atoms with van der Waals surface area (Å²) in [5.74, 6) is 1.28. The highest BCUT2D eigenvalue weighted by molar-refractivity contribution is 7.99. The van der Waals surface area contributed by atoms with E-state index in [2.05, 4.69) is 23.1 Å². The number of hydrogen-bond donors (Lipinski definition) is 1. The molecule has 0 amide bonds. The minimum atomic E-state index is 0.415. The molecule has 1 fully saturated rings. The van der Waals surface area contributed by atoms with Gasteiger partial charge in [-0.2, -0.15) is 0 Å². The largest absolute Gasteiger partial charge is 0.371 e. The number of aryl methyl sites for hydroxylation is 1. The lowest BCUT2D eigenvalue weighted by molar-refractivity contribution is 0.499. The molecule has 17 heavy (non-hydrogen) atoms. The number of thioether (sulfide) groups is 1. The number of fused-ring (bicyclic) bond motifs is 1. The highest BCUT2D eigenvalue weighted by atomic mass is 32.2. The normalized spacial score (nSPS) is 21.4. The first-order valence-electron chi connectivity index (χ1n) is 6.60. The first-order valence-corrected chi connectivity index (χ1v) is 7.58. The molecule has 92 valence electrons. The van der Waals surface area contributed by atoms with Crippen LogP contribution in [0.1, 0.15) is 24.8 Å². The van der Waals surface area contributed by atoms with Gasteiger partial charge in [0.25, 0.3) is 0 Å². The molecule has 2 nitrogen and oxygen atoms in total. The summed E-state index contributed by atoms with van der Waals surface area (Å²) in [7, 11) is 0. The summed E-state index contributed by atoms with van der Waals surface area (Å²) in [5.41, 5.74) is 8.99. The van der Waals surface area contributed by atoms with Crippen molar-refractivity contribution < 1.29 is 0 Å². The third kappa shape index (κ3) is 2.31. The van der Waals surface area contributed by atoms with Gasteiger partial charge in [-0.1, -0.05) is 12.1 Å². The molecule has 0 atom stereocenters. The molecule has 3 rings (SSSR count). The van der Waals surface area contributed by atoms with Crippen LogP contribution in [-0.4, -0.2) is 24.9 Å². The molecule has 1 saturated heterocycles. The zero-order valence-electron chi connectivity index (χ0n) is 10.2. The Morgan fingerprint density at radius 3 is 2.88 bits per heavy atom. The van der Waals surface area contributed by atoms with E-state index < -0.39 is 0 Å². The molecule has 2 aliphatic rings. The molecular formula is C14H20N2S. The van der Waals surface area contributed by atoms with Gasteiger partial charge in [-0.15, -0.1) is 11.8 Å². The van der Waals surface area contributed by atoms with E-state index in [0.717, 1.165) is 25.9 Å². The van der Waals surface area contributed by atoms with E-state index in [1.807, 2.05) is 11.8 Å². The van der Waals surface area contributed by atoms with E-state index >= 15 is 0 Å². The molecule has 0 radical (unpaired) electrons. The maximum absolute atomic E-state index is 5.98. The highest BCUT2D eigenvalue weighted by Crippen LogP contribution is 2.38. The molecule has 0 saturated carbocycles. The monoisotopic (exact) mass is 248 g/mol. The lowest BCUT2D eigenvalue weighted by Gasteiger charge is -2.34. The number of anilines is 1. The molecule has 0 aromatic heterocycles. The first kappa shape index (κ1) is 11.4. The predicted octanol–water partition coefficient (Wildman–Crippen LogP) is 2.65. The number of benzene rings is 1. The molecule has 2 aliphatic heterocycles. The van der Waals surface area contributed by atoms with E-state index in [-0.39, 0.29) is 0 Å². The van der Waals surface area contributed by atoms with Crippen molar-refractivity contribution in [1.82, 2.24) is 0 Å². The van der Waals surface area contributed by atoms with Gasteiger partial charge in [0.05, 0.1) is 5.69 Å². The second-order valence-corrected chi connectivity index (χ2v) is 6.15. The van der Waals surface area contributed by atoms with Crippen LogP contribution in [0.4, 0.5) is 5.69 Å². The Bertz CT molecular complexity index is 397. The molecule has 2 N–H and O–H groups in total. The quantitative estimate of drug-likeness (QED) is 0.828. The number of piperidine rings is 1. The number of nitrogens with two attached hydrogens (primary N) is 1. The van der Waals surface area contributed by atoms with Gasteiger partial charge < -0.3 is 10.6 Å². The molecule has 0 unspecified atom stereocenters. The summed E-state index contributed by atoms with van der Waals surface area (Å²) in [6.07, 6.45) is 4.85. The van der Waals surface area contributed by atoms with Crippen LogP contribution in [0.15, 0.2) is 23.1 Å². The van der Waals surface area contributed by atoms with Crippen molar-refractivity contribution in [2.24, 2.45) is 5.73 Å². The maximum Gasteiger partial charge on any atom is 0.0507 e. The Kier molecular flexibility index (Phi) is 3.30. The zero-order chi connectivity index (χ0) is 11.7. The van der Waals surface area contributed by atoms with Crippen molar-refractivity contribution in [1.29, 1.82) is 0 Å². The summed E-state index contributed by atoms with van der Waals surface area (Å²) >= 11 is 2.04.